The van der Waals surface area contributed by atoms with E-state index in [1.807, 2.05) is 6.07 Å². The molecular weight excluding hydrogens is 244 g/mol. The molecule has 6 heteroatoms. The minimum absolute atomic E-state index is 0.121. The highest BCUT2D eigenvalue weighted by Crippen LogP contribution is 2.31. The van der Waals surface area contributed by atoms with E-state index in [1.165, 1.54) is 0 Å². The Bertz CT molecular complexity index is 623. The molecule has 3 rings (SSSR count). The van der Waals surface area contributed by atoms with Gasteiger partial charge in [0.1, 0.15) is 5.52 Å². The largest absolute Gasteiger partial charge is 0.358 e. The molecule has 0 saturated carbocycles. The zero-order valence-electron chi connectivity index (χ0n) is 10.5. The minimum Gasteiger partial charge on any atom is -0.358 e. The van der Waals surface area contributed by atoms with Gasteiger partial charge in [0.15, 0.2) is 0 Å². The van der Waals surface area contributed by atoms with Gasteiger partial charge in [-0.1, -0.05) is 0 Å². The van der Waals surface area contributed by atoms with Crippen LogP contribution in [0.4, 0.5) is 11.4 Å². The van der Waals surface area contributed by atoms with E-state index in [9.17, 15) is 10.1 Å². The number of aromatic nitrogens is 1. The van der Waals surface area contributed by atoms with Gasteiger partial charge in [-0.2, -0.15) is 0 Å². The average Bonchev–Trinajstić information content (AvgIpc) is 2.47. The number of non-ortho nitro benzene ring substituents is 1. The third kappa shape index (κ3) is 2.10. The lowest BCUT2D eigenvalue weighted by atomic mass is 10.1. The molecule has 1 aromatic heterocycles. The molecule has 2 heterocycles. The predicted octanol–water partition coefficient (Wildman–Crippen LogP) is 0.526. The molecule has 0 radical (unpaired) electrons. The molecule has 0 bridgehead atoms. The summed E-state index contributed by atoms with van der Waals surface area (Å²) in [4.78, 5) is 17.3. The third-order valence-electron chi connectivity index (χ3n) is 3.47. The molecular formula is C13H15N4O2+. The van der Waals surface area contributed by atoms with E-state index in [2.05, 4.69) is 15.2 Å². The van der Waals surface area contributed by atoms with Crippen LogP contribution in [0.15, 0.2) is 30.5 Å². The summed E-state index contributed by atoms with van der Waals surface area (Å²) in [5.74, 6) is 0. The highest BCUT2D eigenvalue weighted by Gasteiger charge is 2.20. The van der Waals surface area contributed by atoms with Gasteiger partial charge in [-0.3, -0.25) is 15.1 Å². The van der Waals surface area contributed by atoms with Crippen LogP contribution in [0.1, 0.15) is 0 Å². The number of benzene rings is 1. The van der Waals surface area contributed by atoms with Gasteiger partial charge in [0, 0.05) is 12.3 Å². The number of fused-ring (bicyclic) bond motifs is 1. The van der Waals surface area contributed by atoms with E-state index in [0.29, 0.717) is 5.39 Å². The Kier molecular flexibility index (Phi) is 3.00. The lowest BCUT2D eigenvalue weighted by Gasteiger charge is -2.27. The minimum atomic E-state index is -0.349. The number of piperazine rings is 1. The summed E-state index contributed by atoms with van der Waals surface area (Å²) in [5.41, 5.74) is 1.84. The average molecular weight is 259 g/mol. The van der Waals surface area contributed by atoms with E-state index < -0.39 is 0 Å². The van der Waals surface area contributed by atoms with Crippen molar-refractivity contribution in [2.75, 3.05) is 31.1 Å². The van der Waals surface area contributed by atoms with Crippen molar-refractivity contribution < 1.29 is 10.2 Å². The summed E-state index contributed by atoms with van der Waals surface area (Å²) < 4.78 is 0. The van der Waals surface area contributed by atoms with Crippen LogP contribution >= 0.6 is 0 Å². The second-order valence-electron chi connectivity index (χ2n) is 4.61. The van der Waals surface area contributed by atoms with Gasteiger partial charge in [-0.15, -0.1) is 0 Å². The first-order valence-corrected chi connectivity index (χ1v) is 6.36. The monoisotopic (exact) mass is 259 g/mol. The molecule has 0 amide bonds. The number of rotatable bonds is 2. The molecule has 0 unspecified atom stereocenters. The van der Waals surface area contributed by atoms with Gasteiger partial charge >= 0.3 is 0 Å². The van der Waals surface area contributed by atoms with Gasteiger partial charge in [0.25, 0.3) is 5.69 Å². The van der Waals surface area contributed by atoms with Gasteiger partial charge in [0.2, 0.25) is 0 Å². The van der Waals surface area contributed by atoms with Gasteiger partial charge in [0.05, 0.1) is 42.2 Å². The Balaban J connectivity index is 2.15. The highest BCUT2D eigenvalue weighted by molar-refractivity contribution is 5.97. The second kappa shape index (κ2) is 4.81. The number of hydrogen-bond donors (Lipinski definition) is 1. The van der Waals surface area contributed by atoms with Crippen molar-refractivity contribution >= 4 is 22.3 Å². The third-order valence-corrected chi connectivity index (χ3v) is 3.47. The van der Waals surface area contributed by atoms with E-state index in [4.69, 9.17) is 0 Å². The summed E-state index contributed by atoms with van der Waals surface area (Å²) in [6.07, 6.45) is 1.69. The molecule has 1 aliphatic heterocycles. The van der Waals surface area contributed by atoms with Crippen molar-refractivity contribution in [2.24, 2.45) is 0 Å². The molecule has 1 aliphatic rings. The number of nitro benzene ring substituents is 1. The first kappa shape index (κ1) is 11.9. The van der Waals surface area contributed by atoms with Crippen molar-refractivity contribution in [3.8, 4) is 0 Å². The number of anilines is 1. The van der Waals surface area contributed by atoms with E-state index in [1.54, 1.807) is 24.4 Å². The van der Waals surface area contributed by atoms with Crippen LogP contribution in [0, 0.1) is 10.1 Å². The summed E-state index contributed by atoms with van der Waals surface area (Å²) in [7, 11) is 0. The SMILES string of the molecule is O=[N+]([O-])c1ccc(N2CC[NH2+]CC2)c2ncccc12. The standard InChI is InChI=1S/C13H14N4O2/c18-17(19)11-3-4-12(16-8-6-14-7-9-16)13-10(11)2-1-5-15-13/h1-5,14H,6-9H2/p+1. The van der Waals surface area contributed by atoms with Crippen molar-refractivity contribution in [3.63, 3.8) is 0 Å². The zero-order valence-corrected chi connectivity index (χ0v) is 10.5. The number of nitrogens with two attached hydrogens (primary N) is 1. The van der Waals surface area contributed by atoms with Crippen LogP contribution in [-0.4, -0.2) is 36.1 Å². The van der Waals surface area contributed by atoms with Crippen LogP contribution in [-0.2, 0) is 0 Å². The summed E-state index contributed by atoms with van der Waals surface area (Å²) in [6.45, 7) is 3.99. The lowest BCUT2D eigenvalue weighted by Crippen LogP contribution is -2.89. The van der Waals surface area contributed by atoms with Gasteiger partial charge < -0.3 is 10.2 Å². The lowest BCUT2D eigenvalue weighted by molar-refractivity contribution is -0.655. The first-order chi connectivity index (χ1) is 9.27. The molecule has 6 nitrogen and oxygen atoms in total. The maximum Gasteiger partial charge on any atom is 0.278 e. The number of nitro groups is 1. The fraction of sp³-hybridized carbons (Fsp3) is 0.308. The molecule has 1 saturated heterocycles. The molecule has 0 atom stereocenters. The number of quaternary nitrogens is 1. The molecule has 1 aromatic carbocycles. The van der Waals surface area contributed by atoms with Crippen LogP contribution < -0.4 is 10.2 Å². The molecule has 1 fully saturated rings. The van der Waals surface area contributed by atoms with Crippen molar-refractivity contribution in [2.45, 2.75) is 0 Å². The number of hydrogen-bond acceptors (Lipinski definition) is 4. The number of nitrogens with zero attached hydrogens (tertiary/aromatic N) is 3. The van der Waals surface area contributed by atoms with Crippen LogP contribution in [0.25, 0.3) is 10.9 Å². The predicted molar refractivity (Wildman–Crippen MR) is 72.3 cm³/mol. The first-order valence-electron chi connectivity index (χ1n) is 6.36. The van der Waals surface area contributed by atoms with E-state index in [-0.39, 0.29) is 10.6 Å². The van der Waals surface area contributed by atoms with E-state index in [0.717, 1.165) is 37.4 Å². The van der Waals surface area contributed by atoms with Crippen LogP contribution in [0.5, 0.6) is 0 Å². The summed E-state index contributed by atoms with van der Waals surface area (Å²) >= 11 is 0. The van der Waals surface area contributed by atoms with Crippen LogP contribution in [0.3, 0.4) is 0 Å². The molecule has 2 N–H and O–H groups in total. The molecule has 98 valence electrons. The molecule has 0 aliphatic carbocycles. The Morgan fingerprint density at radius 1 is 1.26 bits per heavy atom. The van der Waals surface area contributed by atoms with Gasteiger partial charge in [-0.05, 0) is 18.2 Å². The normalized spacial score (nSPS) is 15.7. The zero-order chi connectivity index (χ0) is 13.2. The Morgan fingerprint density at radius 2 is 2.05 bits per heavy atom. The fourth-order valence-corrected chi connectivity index (χ4v) is 2.55. The Morgan fingerprint density at radius 3 is 2.79 bits per heavy atom. The second-order valence-corrected chi connectivity index (χ2v) is 4.61. The van der Waals surface area contributed by atoms with Crippen LogP contribution in [0.2, 0.25) is 0 Å². The number of pyridine rings is 1. The maximum absolute atomic E-state index is 11.1. The molecule has 19 heavy (non-hydrogen) atoms. The highest BCUT2D eigenvalue weighted by atomic mass is 16.6. The maximum atomic E-state index is 11.1. The quantitative estimate of drug-likeness (QED) is 0.630. The smallest absolute Gasteiger partial charge is 0.278 e. The topological polar surface area (TPSA) is 75.9 Å². The molecule has 0 spiro atoms. The Hall–Kier alpha value is -2.21. The van der Waals surface area contributed by atoms with Crippen molar-refractivity contribution in [1.29, 1.82) is 0 Å². The summed E-state index contributed by atoms with van der Waals surface area (Å²) in [6, 6.07) is 6.90. The summed E-state index contributed by atoms with van der Waals surface area (Å²) in [5, 5.41) is 13.9. The van der Waals surface area contributed by atoms with E-state index >= 15 is 0 Å². The molecule has 2 aromatic rings. The fourth-order valence-electron chi connectivity index (χ4n) is 2.55. The van der Waals surface area contributed by atoms with Crippen molar-refractivity contribution in [1.82, 2.24) is 4.98 Å². The van der Waals surface area contributed by atoms with Crippen molar-refractivity contribution in [3.05, 3.63) is 40.6 Å². The van der Waals surface area contributed by atoms with Gasteiger partial charge in [-0.25, -0.2) is 0 Å². The Labute approximate surface area is 110 Å².